The van der Waals surface area contributed by atoms with Crippen molar-refractivity contribution in [1.29, 1.82) is 0 Å². The van der Waals surface area contributed by atoms with Gasteiger partial charge in [0.1, 0.15) is 0 Å². The first-order valence-electron chi connectivity index (χ1n) is 5.30. The van der Waals surface area contributed by atoms with Crippen molar-refractivity contribution in [2.24, 2.45) is 5.84 Å². The summed E-state index contributed by atoms with van der Waals surface area (Å²) in [6.45, 7) is 1.59. The maximum atomic E-state index is 10.9. The molecule has 0 aliphatic rings. The van der Waals surface area contributed by atoms with Gasteiger partial charge in [0.15, 0.2) is 0 Å². The summed E-state index contributed by atoms with van der Waals surface area (Å²) >= 11 is 0. The Morgan fingerprint density at radius 2 is 2.31 bits per heavy atom. The standard InChI is InChI=1S/C11H18N4O/c1-15(9-6-11(16)14-12)8-5-10-4-2-3-7-13-10/h2-4,7H,5-6,8-9,12H2,1H3,(H,14,16). The molecule has 1 aromatic rings. The van der Waals surface area contributed by atoms with Crippen LogP contribution < -0.4 is 11.3 Å². The van der Waals surface area contributed by atoms with E-state index in [9.17, 15) is 4.79 Å². The van der Waals surface area contributed by atoms with Crippen LogP contribution in [0.1, 0.15) is 12.1 Å². The predicted octanol–water partition coefficient (Wildman–Crippen LogP) is -0.0641. The van der Waals surface area contributed by atoms with Crippen molar-refractivity contribution in [2.45, 2.75) is 12.8 Å². The number of hydrazine groups is 1. The van der Waals surface area contributed by atoms with E-state index in [-0.39, 0.29) is 5.91 Å². The number of carbonyl (C=O) groups is 1. The second kappa shape index (κ2) is 6.92. The van der Waals surface area contributed by atoms with Crippen LogP contribution in [0.15, 0.2) is 24.4 Å². The SMILES string of the molecule is CN(CCC(=O)NN)CCc1ccccn1. The molecule has 16 heavy (non-hydrogen) atoms. The summed E-state index contributed by atoms with van der Waals surface area (Å²) in [4.78, 5) is 17.2. The fraction of sp³-hybridized carbons (Fsp3) is 0.455. The average molecular weight is 222 g/mol. The molecule has 3 N–H and O–H groups in total. The van der Waals surface area contributed by atoms with E-state index in [1.165, 1.54) is 0 Å². The number of likely N-dealkylation sites (N-methyl/N-ethyl adjacent to an activating group) is 1. The largest absolute Gasteiger partial charge is 0.305 e. The minimum atomic E-state index is -0.135. The number of nitrogens with zero attached hydrogens (tertiary/aromatic N) is 2. The number of amides is 1. The normalized spacial score (nSPS) is 10.4. The Morgan fingerprint density at radius 1 is 1.50 bits per heavy atom. The second-order valence-corrected chi connectivity index (χ2v) is 3.69. The van der Waals surface area contributed by atoms with Gasteiger partial charge in [-0.15, -0.1) is 0 Å². The Balaban J connectivity index is 2.20. The van der Waals surface area contributed by atoms with Gasteiger partial charge in [0.25, 0.3) is 0 Å². The molecule has 0 aromatic carbocycles. The van der Waals surface area contributed by atoms with Gasteiger partial charge < -0.3 is 4.90 Å². The minimum Gasteiger partial charge on any atom is -0.305 e. The van der Waals surface area contributed by atoms with Crippen LogP contribution in [0.3, 0.4) is 0 Å². The lowest BCUT2D eigenvalue weighted by Crippen LogP contribution is -2.33. The highest BCUT2D eigenvalue weighted by Crippen LogP contribution is 1.97. The monoisotopic (exact) mass is 222 g/mol. The number of nitrogens with one attached hydrogen (secondary N) is 1. The zero-order chi connectivity index (χ0) is 11.8. The summed E-state index contributed by atoms with van der Waals surface area (Å²) < 4.78 is 0. The van der Waals surface area contributed by atoms with Crippen LogP contribution in [-0.2, 0) is 11.2 Å². The number of carbonyl (C=O) groups excluding carboxylic acids is 1. The molecule has 0 radical (unpaired) electrons. The molecule has 1 heterocycles. The first kappa shape index (κ1) is 12.6. The average Bonchev–Trinajstić information content (AvgIpc) is 2.34. The lowest BCUT2D eigenvalue weighted by molar-refractivity contribution is -0.121. The van der Waals surface area contributed by atoms with Crippen LogP contribution in [0.4, 0.5) is 0 Å². The second-order valence-electron chi connectivity index (χ2n) is 3.69. The summed E-state index contributed by atoms with van der Waals surface area (Å²) in [6.07, 6.45) is 3.11. The van der Waals surface area contributed by atoms with Gasteiger partial charge in [-0.2, -0.15) is 0 Å². The number of hydrogen-bond acceptors (Lipinski definition) is 4. The lowest BCUT2D eigenvalue weighted by Gasteiger charge is -2.15. The van der Waals surface area contributed by atoms with Crippen molar-refractivity contribution in [3.05, 3.63) is 30.1 Å². The van der Waals surface area contributed by atoms with Crippen LogP contribution in [0.5, 0.6) is 0 Å². The van der Waals surface area contributed by atoms with Gasteiger partial charge in [-0.1, -0.05) is 6.07 Å². The minimum absolute atomic E-state index is 0.135. The molecule has 0 saturated carbocycles. The van der Waals surface area contributed by atoms with Gasteiger partial charge in [-0.05, 0) is 19.2 Å². The summed E-state index contributed by atoms with van der Waals surface area (Å²) in [7, 11) is 1.98. The van der Waals surface area contributed by atoms with E-state index >= 15 is 0 Å². The van der Waals surface area contributed by atoms with Crippen LogP contribution in [0.2, 0.25) is 0 Å². The topological polar surface area (TPSA) is 71.2 Å². The zero-order valence-electron chi connectivity index (χ0n) is 9.52. The van der Waals surface area contributed by atoms with E-state index < -0.39 is 0 Å². The van der Waals surface area contributed by atoms with Crippen LogP contribution in [-0.4, -0.2) is 35.9 Å². The molecule has 5 heteroatoms. The molecule has 1 rings (SSSR count). The van der Waals surface area contributed by atoms with E-state index in [1.807, 2.05) is 25.2 Å². The first-order valence-corrected chi connectivity index (χ1v) is 5.30. The smallest absolute Gasteiger partial charge is 0.235 e. The molecule has 0 spiro atoms. The molecule has 0 atom stereocenters. The predicted molar refractivity (Wildman–Crippen MR) is 62.4 cm³/mol. The van der Waals surface area contributed by atoms with Gasteiger partial charge in [0.05, 0.1) is 0 Å². The Hall–Kier alpha value is -1.46. The third-order valence-electron chi connectivity index (χ3n) is 2.36. The number of rotatable bonds is 6. The highest BCUT2D eigenvalue weighted by molar-refractivity contribution is 5.75. The Morgan fingerprint density at radius 3 is 2.94 bits per heavy atom. The van der Waals surface area contributed by atoms with Gasteiger partial charge in [-0.3, -0.25) is 15.2 Å². The Kier molecular flexibility index (Phi) is 5.45. The van der Waals surface area contributed by atoms with Gasteiger partial charge in [-0.25, -0.2) is 5.84 Å². The van der Waals surface area contributed by atoms with E-state index in [4.69, 9.17) is 5.84 Å². The molecule has 0 bridgehead atoms. The van der Waals surface area contributed by atoms with E-state index in [0.717, 1.165) is 18.7 Å². The molecule has 0 aliphatic carbocycles. The third-order valence-corrected chi connectivity index (χ3v) is 2.36. The molecular formula is C11H18N4O. The Labute approximate surface area is 95.6 Å². The molecule has 1 aromatic heterocycles. The maximum absolute atomic E-state index is 10.9. The third kappa shape index (κ3) is 4.86. The Bertz CT molecular complexity index is 315. The first-order chi connectivity index (χ1) is 7.72. The summed E-state index contributed by atoms with van der Waals surface area (Å²) in [5, 5.41) is 0. The number of hydrogen-bond donors (Lipinski definition) is 2. The van der Waals surface area contributed by atoms with Gasteiger partial charge >= 0.3 is 0 Å². The number of pyridine rings is 1. The van der Waals surface area contributed by atoms with Crippen molar-refractivity contribution in [3.63, 3.8) is 0 Å². The van der Waals surface area contributed by atoms with Crippen molar-refractivity contribution < 1.29 is 4.79 Å². The summed E-state index contributed by atoms with van der Waals surface area (Å²) in [5.74, 6) is 4.86. The fourth-order valence-corrected chi connectivity index (χ4v) is 1.33. The molecule has 1 amide bonds. The quantitative estimate of drug-likeness (QED) is 0.402. The zero-order valence-corrected chi connectivity index (χ0v) is 9.52. The molecular weight excluding hydrogens is 204 g/mol. The van der Waals surface area contributed by atoms with Gasteiger partial charge in [0.2, 0.25) is 5.91 Å². The molecule has 0 fully saturated rings. The highest BCUT2D eigenvalue weighted by atomic mass is 16.2. The van der Waals surface area contributed by atoms with Crippen molar-refractivity contribution in [2.75, 3.05) is 20.1 Å². The van der Waals surface area contributed by atoms with Gasteiger partial charge in [0, 0.05) is 37.8 Å². The molecule has 0 unspecified atom stereocenters. The molecule has 5 nitrogen and oxygen atoms in total. The van der Waals surface area contributed by atoms with E-state index in [0.29, 0.717) is 13.0 Å². The van der Waals surface area contributed by atoms with Crippen molar-refractivity contribution >= 4 is 5.91 Å². The van der Waals surface area contributed by atoms with Crippen LogP contribution in [0.25, 0.3) is 0 Å². The maximum Gasteiger partial charge on any atom is 0.235 e. The van der Waals surface area contributed by atoms with Crippen LogP contribution in [0, 0.1) is 0 Å². The summed E-state index contributed by atoms with van der Waals surface area (Å²) in [6, 6.07) is 5.88. The number of nitrogens with two attached hydrogens (primary N) is 1. The molecule has 88 valence electrons. The molecule has 0 aliphatic heterocycles. The highest BCUT2D eigenvalue weighted by Gasteiger charge is 2.03. The van der Waals surface area contributed by atoms with Crippen LogP contribution >= 0.6 is 0 Å². The number of aromatic nitrogens is 1. The fourth-order valence-electron chi connectivity index (χ4n) is 1.33. The van der Waals surface area contributed by atoms with Crippen molar-refractivity contribution in [1.82, 2.24) is 15.3 Å². The summed E-state index contributed by atoms with van der Waals surface area (Å²) in [5.41, 5.74) is 3.18. The lowest BCUT2D eigenvalue weighted by atomic mass is 10.2. The van der Waals surface area contributed by atoms with E-state index in [2.05, 4.69) is 15.3 Å². The molecule has 0 saturated heterocycles. The van der Waals surface area contributed by atoms with E-state index in [1.54, 1.807) is 6.20 Å². The van der Waals surface area contributed by atoms with Crippen molar-refractivity contribution in [3.8, 4) is 0 Å².